The van der Waals surface area contributed by atoms with E-state index in [2.05, 4.69) is 12.2 Å². The molecular weight excluding hydrogens is 228 g/mol. The van der Waals surface area contributed by atoms with Crippen LogP contribution in [0.15, 0.2) is 0 Å². The van der Waals surface area contributed by atoms with Crippen molar-refractivity contribution < 1.29 is 9.59 Å². The van der Waals surface area contributed by atoms with Gasteiger partial charge in [-0.25, -0.2) is 0 Å². The molecule has 0 aromatic heterocycles. The van der Waals surface area contributed by atoms with Gasteiger partial charge in [-0.3, -0.25) is 9.59 Å². The predicted molar refractivity (Wildman–Crippen MR) is 67.9 cm³/mol. The van der Waals surface area contributed by atoms with Crippen LogP contribution in [0.4, 0.5) is 0 Å². The number of nitrogens with one attached hydrogen (secondary N) is 1. The molecule has 1 spiro atoms. The summed E-state index contributed by atoms with van der Waals surface area (Å²) in [6, 6.07) is -0.304. The van der Waals surface area contributed by atoms with Gasteiger partial charge in [-0.2, -0.15) is 0 Å². The van der Waals surface area contributed by atoms with Gasteiger partial charge in [-0.1, -0.05) is 19.8 Å². The van der Waals surface area contributed by atoms with E-state index in [1.807, 2.05) is 11.8 Å². The fourth-order valence-electron chi connectivity index (χ4n) is 3.29. The molecule has 4 heteroatoms. The Morgan fingerprint density at radius 3 is 2.39 bits per heavy atom. The molecule has 2 aliphatic carbocycles. The van der Waals surface area contributed by atoms with E-state index in [1.165, 1.54) is 12.8 Å². The number of hydrogen-bond acceptors (Lipinski definition) is 2. The van der Waals surface area contributed by atoms with Gasteiger partial charge >= 0.3 is 0 Å². The summed E-state index contributed by atoms with van der Waals surface area (Å²) in [5, 5.41) is 3.00. The molecule has 2 saturated carbocycles. The van der Waals surface area contributed by atoms with E-state index in [0.29, 0.717) is 0 Å². The van der Waals surface area contributed by atoms with Crippen molar-refractivity contribution in [3.8, 4) is 0 Å². The van der Waals surface area contributed by atoms with Gasteiger partial charge in [0.05, 0.1) is 0 Å². The summed E-state index contributed by atoms with van der Waals surface area (Å²) < 4.78 is 0. The highest BCUT2D eigenvalue weighted by Crippen LogP contribution is 2.47. The Bertz CT molecular complexity index is 395. The van der Waals surface area contributed by atoms with E-state index in [1.54, 1.807) is 0 Å². The van der Waals surface area contributed by atoms with Gasteiger partial charge in [0.1, 0.15) is 11.6 Å². The molecule has 0 radical (unpaired) electrons. The van der Waals surface area contributed by atoms with Gasteiger partial charge in [0, 0.05) is 6.54 Å². The van der Waals surface area contributed by atoms with Crippen molar-refractivity contribution in [1.29, 1.82) is 0 Å². The summed E-state index contributed by atoms with van der Waals surface area (Å²) in [6.45, 7) is 4.81. The standard InChI is InChI=1S/C14H22N2O2/c1-10-11(17)15-14(5-3-4-6-14)12(18)16(10)9-13(2)7-8-13/h10H,3-9H2,1-2H3,(H,15,17). The number of piperazine rings is 1. The first-order chi connectivity index (χ1) is 8.46. The molecule has 3 rings (SSSR count). The normalized spacial score (nSPS) is 32.8. The van der Waals surface area contributed by atoms with E-state index in [9.17, 15) is 9.59 Å². The smallest absolute Gasteiger partial charge is 0.249 e. The minimum absolute atomic E-state index is 0.0285. The number of rotatable bonds is 2. The summed E-state index contributed by atoms with van der Waals surface area (Å²) in [7, 11) is 0. The van der Waals surface area contributed by atoms with Gasteiger partial charge in [-0.05, 0) is 38.0 Å². The molecular formula is C14H22N2O2. The van der Waals surface area contributed by atoms with Crippen molar-refractivity contribution in [1.82, 2.24) is 10.2 Å². The number of hydrogen-bond donors (Lipinski definition) is 1. The number of carbonyl (C=O) groups is 2. The van der Waals surface area contributed by atoms with Crippen LogP contribution in [-0.2, 0) is 9.59 Å². The van der Waals surface area contributed by atoms with E-state index in [-0.39, 0.29) is 23.3 Å². The van der Waals surface area contributed by atoms with Gasteiger partial charge in [0.2, 0.25) is 11.8 Å². The maximum absolute atomic E-state index is 12.7. The van der Waals surface area contributed by atoms with Crippen molar-refractivity contribution in [2.24, 2.45) is 5.41 Å². The Morgan fingerprint density at radius 2 is 1.83 bits per heavy atom. The monoisotopic (exact) mass is 250 g/mol. The van der Waals surface area contributed by atoms with Crippen molar-refractivity contribution in [2.75, 3.05) is 6.54 Å². The lowest BCUT2D eigenvalue weighted by molar-refractivity contribution is -0.155. The van der Waals surface area contributed by atoms with Crippen LogP contribution in [0.25, 0.3) is 0 Å². The van der Waals surface area contributed by atoms with Crippen LogP contribution in [0.5, 0.6) is 0 Å². The third-order valence-corrected chi connectivity index (χ3v) is 4.99. The second kappa shape index (κ2) is 3.72. The molecule has 0 bridgehead atoms. The molecule has 0 aromatic carbocycles. The number of nitrogens with zero attached hydrogens (tertiary/aromatic N) is 1. The summed E-state index contributed by atoms with van der Waals surface area (Å²) in [6.07, 6.45) is 6.09. The second-order valence-corrected chi connectivity index (χ2v) is 6.70. The first kappa shape index (κ1) is 12.0. The molecule has 0 aromatic rings. The average Bonchev–Trinajstić information content (AvgIpc) is 2.88. The lowest BCUT2D eigenvalue weighted by Gasteiger charge is -2.44. The van der Waals surface area contributed by atoms with Crippen LogP contribution < -0.4 is 5.32 Å². The SMILES string of the molecule is CC1C(=O)NC2(CCCC2)C(=O)N1CC1(C)CC1. The van der Waals surface area contributed by atoms with Crippen molar-refractivity contribution in [3.05, 3.63) is 0 Å². The minimum atomic E-state index is -0.561. The molecule has 1 atom stereocenters. The van der Waals surface area contributed by atoms with Crippen LogP contribution in [0.1, 0.15) is 52.4 Å². The van der Waals surface area contributed by atoms with Gasteiger partial charge < -0.3 is 10.2 Å². The van der Waals surface area contributed by atoms with Crippen LogP contribution in [0.2, 0.25) is 0 Å². The molecule has 2 amide bonds. The molecule has 4 nitrogen and oxygen atoms in total. The van der Waals surface area contributed by atoms with E-state index < -0.39 is 5.54 Å². The average molecular weight is 250 g/mol. The first-order valence-corrected chi connectivity index (χ1v) is 7.09. The molecule has 18 heavy (non-hydrogen) atoms. The van der Waals surface area contributed by atoms with Crippen LogP contribution in [0.3, 0.4) is 0 Å². The van der Waals surface area contributed by atoms with Crippen molar-refractivity contribution in [3.63, 3.8) is 0 Å². The minimum Gasteiger partial charge on any atom is -0.340 e. The van der Waals surface area contributed by atoms with Crippen LogP contribution in [-0.4, -0.2) is 34.8 Å². The molecule has 1 aliphatic heterocycles. The quantitative estimate of drug-likeness (QED) is 0.806. The lowest BCUT2D eigenvalue weighted by atomic mass is 9.90. The summed E-state index contributed by atoms with van der Waals surface area (Å²) in [5.74, 6) is 0.195. The van der Waals surface area contributed by atoms with Crippen LogP contribution >= 0.6 is 0 Å². The topological polar surface area (TPSA) is 49.4 Å². The molecule has 1 heterocycles. The van der Waals surface area contributed by atoms with Crippen LogP contribution in [0, 0.1) is 5.41 Å². The fourth-order valence-corrected chi connectivity index (χ4v) is 3.29. The van der Waals surface area contributed by atoms with Gasteiger partial charge in [-0.15, -0.1) is 0 Å². The second-order valence-electron chi connectivity index (χ2n) is 6.70. The fraction of sp³-hybridized carbons (Fsp3) is 0.857. The van der Waals surface area contributed by atoms with Crippen molar-refractivity contribution in [2.45, 2.75) is 64.0 Å². The van der Waals surface area contributed by atoms with Crippen molar-refractivity contribution >= 4 is 11.8 Å². The Balaban J connectivity index is 1.85. The summed E-state index contributed by atoms with van der Waals surface area (Å²) >= 11 is 0. The molecule has 100 valence electrons. The molecule has 1 saturated heterocycles. The number of amides is 2. The number of carbonyl (C=O) groups excluding carboxylic acids is 2. The zero-order valence-corrected chi connectivity index (χ0v) is 11.3. The van der Waals surface area contributed by atoms with E-state index in [0.717, 1.165) is 32.2 Å². The Kier molecular flexibility index (Phi) is 2.48. The third-order valence-electron chi connectivity index (χ3n) is 4.99. The Hall–Kier alpha value is -1.06. The maximum Gasteiger partial charge on any atom is 0.249 e. The van der Waals surface area contributed by atoms with Gasteiger partial charge in [0.15, 0.2) is 0 Å². The highest BCUT2D eigenvalue weighted by molar-refractivity contribution is 5.99. The highest BCUT2D eigenvalue weighted by Gasteiger charge is 2.53. The maximum atomic E-state index is 12.7. The molecule has 3 aliphatic rings. The summed E-state index contributed by atoms with van der Waals surface area (Å²) in [4.78, 5) is 26.7. The first-order valence-electron chi connectivity index (χ1n) is 7.09. The predicted octanol–water partition coefficient (Wildman–Crippen LogP) is 1.45. The van der Waals surface area contributed by atoms with E-state index in [4.69, 9.17) is 0 Å². The third kappa shape index (κ3) is 1.73. The molecule has 1 N–H and O–H groups in total. The highest BCUT2D eigenvalue weighted by atomic mass is 16.2. The van der Waals surface area contributed by atoms with Gasteiger partial charge in [0.25, 0.3) is 0 Å². The lowest BCUT2D eigenvalue weighted by Crippen LogP contribution is -2.69. The zero-order valence-electron chi connectivity index (χ0n) is 11.3. The van der Waals surface area contributed by atoms with E-state index >= 15 is 0 Å². The molecule has 3 fully saturated rings. The summed E-state index contributed by atoms with van der Waals surface area (Å²) in [5.41, 5.74) is -0.295. The Morgan fingerprint density at radius 1 is 1.22 bits per heavy atom. The molecule has 1 unspecified atom stereocenters. The zero-order chi connectivity index (χ0) is 13.0. The largest absolute Gasteiger partial charge is 0.340 e. The Labute approximate surface area is 108 Å².